The van der Waals surface area contributed by atoms with Crippen LogP contribution in [0.25, 0.3) is 0 Å². The summed E-state index contributed by atoms with van der Waals surface area (Å²) in [6, 6.07) is 5.21. The van der Waals surface area contributed by atoms with Crippen LogP contribution in [0.4, 0.5) is 5.82 Å². The molecule has 2 aromatic heterocycles. The Morgan fingerprint density at radius 3 is 2.88 bits per heavy atom. The summed E-state index contributed by atoms with van der Waals surface area (Å²) in [5.41, 5.74) is 0.386. The lowest BCUT2D eigenvalue weighted by atomic mass is 10.4. The zero-order valence-electron chi connectivity index (χ0n) is 9.22. The SMILES string of the molecule is CCn1ccc(C(=O)Nc2ccc(Br)cn2)n1. The third-order valence-corrected chi connectivity index (χ3v) is 2.64. The average Bonchev–Trinajstić information content (AvgIpc) is 2.81. The number of carbonyl (C=O) groups excluding carboxylic acids is 1. The maximum absolute atomic E-state index is 11.8. The zero-order chi connectivity index (χ0) is 12.3. The minimum atomic E-state index is -0.257. The van der Waals surface area contributed by atoms with Crippen LogP contribution in [0.1, 0.15) is 17.4 Å². The summed E-state index contributed by atoms with van der Waals surface area (Å²) >= 11 is 3.28. The Bertz CT molecular complexity index is 521. The van der Waals surface area contributed by atoms with E-state index in [-0.39, 0.29) is 5.91 Å². The Morgan fingerprint density at radius 2 is 2.29 bits per heavy atom. The maximum atomic E-state index is 11.8. The van der Waals surface area contributed by atoms with Gasteiger partial charge in [-0.1, -0.05) is 0 Å². The minimum absolute atomic E-state index is 0.257. The summed E-state index contributed by atoms with van der Waals surface area (Å²) in [4.78, 5) is 15.8. The molecule has 0 aliphatic carbocycles. The molecule has 2 aromatic rings. The second-order valence-corrected chi connectivity index (χ2v) is 4.29. The largest absolute Gasteiger partial charge is 0.305 e. The van der Waals surface area contributed by atoms with Crippen molar-refractivity contribution < 1.29 is 4.79 Å². The van der Waals surface area contributed by atoms with Crippen molar-refractivity contribution in [3.63, 3.8) is 0 Å². The van der Waals surface area contributed by atoms with Crippen LogP contribution in [-0.2, 0) is 6.54 Å². The number of aromatic nitrogens is 3. The van der Waals surface area contributed by atoms with Crippen molar-refractivity contribution in [2.75, 3.05) is 5.32 Å². The van der Waals surface area contributed by atoms with Gasteiger partial charge in [-0.05, 0) is 41.1 Å². The number of hydrogen-bond acceptors (Lipinski definition) is 3. The molecule has 0 radical (unpaired) electrons. The third kappa shape index (κ3) is 2.91. The fourth-order valence-corrected chi connectivity index (χ4v) is 1.52. The number of hydrogen-bond donors (Lipinski definition) is 1. The molecule has 0 aliphatic rings. The average molecular weight is 295 g/mol. The second kappa shape index (κ2) is 5.09. The van der Waals surface area contributed by atoms with Crippen LogP contribution in [-0.4, -0.2) is 20.7 Å². The van der Waals surface area contributed by atoms with E-state index in [1.165, 1.54) is 0 Å². The predicted molar refractivity (Wildman–Crippen MR) is 67.8 cm³/mol. The number of nitrogens with one attached hydrogen (secondary N) is 1. The van der Waals surface area contributed by atoms with Gasteiger partial charge in [-0.25, -0.2) is 4.98 Å². The van der Waals surface area contributed by atoms with Crippen molar-refractivity contribution in [3.8, 4) is 0 Å². The Labute approximate surface area is 107 Å². The smallest absolute Gasteiger partial charge is 0.277 e. The van der Waals surface area contributed by atoms with Gasteiger partial charge >= 0.3 is 0 Å². The predicted octanol–water partition coefficient (Wildman–Crippen LogP) is 2.31. The molecule has 0 aliphatic heterocycles. The summed E-state index contributed by atoms with van der Waals surface area (Å²) < 4.78 is 2.56. The first-order valence-corrected chi connectivity index (χ1v) is 5.94. The Balaban J connectivity index is 2.08. The highest BCUT2D eigenvalue weighted by Crippen LogP contribution is 2.11. The van der Waals surface area contributed by atoms with E-state index in [4.69, 9.17) is 0 Å². The maximum Gasteiger partial charge on any atom is 0.277 e. The first-order valence-electron chi connectivity index (χ1n) is 5.15. The van der Waals surface area contributed by atoms with E-state index in [9.17, 15) is 4.79 Å². The van der Waals surface area contributed by atoms with E-state index in [0.717, 1.165) is 11.0 Å². The minimum Gasteiger partial charge on any atom is -0.305 e. The number of aryl methyl sites for hydroxylation is 1. The van der Waals surface area contributed by atoms with Crippen molar-refractivity contribution in [2.24, 2.45) is 0 Å². The molecular formula is C11H11BrN4O. The molecule has 17 heavy (non-hydrogen) atoms. The summed E-state index contributed by atoms with van der Waals surface area (Å²) in [7, 11) is 0. The molecule has 6 heteroatoms. The summed E-state index contributed by atoms with van der Waals surface area (Å²) in [6.45, 7) is 2.70. The standard InChI is InChI=1S/C11H11BrN4O/c1-2-16-6-5-9(15-16)11(17)14-10-4-3-8(12)7-13-10/h3-7H,2H2,1H3,(H,13,14,17). The molecule has 0 atom stereocenters. The summed E-state index contributed by atoms with van der Waals surface area (Å²) in [5.74, 6) is 0.247. The van der Waals surface area contributed by atoms with Crippen LogP contribution in [0.5, 0.6) is 0 Å². The Kier molecular flexibility index (Phi) is 3.53. The van der Waals surface area contributed by atoms with E-state index in [2.05, 4.69) is 31.3 Å². The van der Waals surface area contributed by atoms with Crippen LogP contribution in [0.3, 0.4) is 0 Å². The molecule has 0 spiro atoms. The third-order valence-electron chi connectivity index (χ3n) is 2.17. The number of carbonyl (C=O) groups is 1. The van der Waals surface area contributed by atoms with Crippen molar-refractivity contribution in [3.05, 3.63) is 40.8 Å². The molecule has 0 unspecified atom stereocenters. The van der Waals surface area contributed by atoms with Crippen molar-refractivity contribution >= 4 is 27.7 Å². The zero-order valence-corrected chi connectivity index (χ0v) is 10.8. The van der Waals surface area contributed by atoms with E-state index in [0.29, 0.717) is 11.5 Å². The molecule has 5 nitrogen and oxygen atoms in total. The van der Waals surface area contributed by atoms with Crippen LogP contribution < -0.4 is 5.32 Å². The van der Waals surface area contributed by atoms with Gasteiger partial charge in [0.1, 0.15) is 5.82 Å². The van der Waals surface area contributed by atoms with Gasteiger partial charge < -0.3 is 5.32 Å². The number of anilines is 1. The van der Waals surface area contributed by atoms with Gasteiger partial charge in [0.15, 0.2) is 5.69 Å². The molecule has 0 bridgehead atoms. The number of amides is 1. The van der Waals surface area contributed by atoms with Gasteiger partial charge in [0, 0.05) is 23.4 Å². The lowest BCUT2D eigenvalue weighted by Gasteiger charge is -2.01. The number of pyridine rings is 1. The molecule has 0 fully saturated rings. The van der Waals surface area contributed by atoms with Gasteiger partial charge in [-0.3, -0.25) is 9.48 Å². The van der Waals surface area contributed by atoms with Gasteiger partial charge in [0.05, 0.1) is 0 Å². The summed E-state index contributed by atoms with van der Waals surface area (Å²) in [5, 5.41) is 6.79. The lowest BCUT2D eigenvalue weighted by Crippen LogP contribution is -2.14. The topological polar surface area (TPSA) is 59.8 Å². The lowest BCUT2D eigenvalue weighted by molar-refractivity contribution is 0.102. The number of nitrogens with zero attached hydrogens (tertiary/aromatic N) is 3. The molecular weight excluding hydrogens is 284 g/mol. The fraction of sp³-hybridized carbons (Fsp3) is 0.182. The Morgan fingerprint density at radius 1 is 1.47 bits per heavy atom. The first-order chi connectivity index (χ1) is 8.19. The molecule has 0 aromatic carbocycles. The first kappa shape index (κ1) is 11.8. The van der Waals surface area contributed by atoms with Crippen molar-refractivity contribution in [1.82, 2.24) is 14.8 Å². The molecule has 2 heterocycles. The molecule has 88 valence electrons. The molecule has 0 saturated carbocycles. The normalized spacial score (nSPS) is 10.2. The van der Waals surface area contributed by atoms with Gasteiger partial charge in [0.25, 0.3) is 5.91 Å². The van der Waals surface area contributed by atoms with Crippen LogP contribution in [0.15, 0.2) is 35.1 Å². The monoisotopic (exact) mass is 294 g/mol. The van der Waals surface area contributed by atoms with Gasteiger partial charge in [-0.15, -0.1) is 0 Å². The number of rotatable bonds is 3. The molecule has 1 N–H and O–H groups in total. The number of halogens is 1. The van der Waals surface area contributed by atoms with Crippen molar-refractivity contribution in [1.29, 1.82) is 0 Å². The van der Waals surface area contributed by atoms with Gasteiger partial charge in [-0.2, -0.15) is 5.10 Å². The van der Waals surface area contributed by atoms with Gasteiger partial charge in [0.2, 0.25) is 0 Å². The molecule has 1 amide bonds. The van der Waals surface area contributed by atoms with Crippen LogP contribution in [0, 0.1) is 0 Å². The van der Waals surface area contributed by atoms with Crippen LogP contribution >= 0.6 is 15.9 Å². The van der Waals surface area contributed by atoms with Crippen molar-refractivity contribution in [2.45, 2.75) is 13.5 Å². The highest BCUT2D eigenvalue weighted by molar-refractivity contribution is 9.10. The van der Waals surface area contributed by atoms with E-state index < -0.39 is 0 Å². The fourth-order valence-electron chi connectivity index (χ4n) is 1.29. The summed E-state index contributed by atoms with van der Waals surface area (Å²) in [6.07, 6.45) is 3.39. The highest BCUT2D eigenvalue weighted by atomic mass is 79.9. The molecule has 0 saturated heterocycles. The van der Waals surface area contributed by atoms with Crippen LogP contribution in [0.2, 0.25) is 0 Å². The quantitative estimate of drug-likeness (QED) is 0.945. The van der Waals surface area contributed by atoms with E-state index in [1.54, 1.807) is 29.2 Å². The van der Waals surface area contributed by atoms with E-state index in [1.807, 2.05) is 13.0 Å². The molecule has 2 rings (SSSR count). The second-order valence-electron chi connectivity index (χ2n) is 3.37. The highest BCUT2D eigenvalue weighted by Gasteiger charge is 2.09. The Hall–Kier alpha value is -1.69. The van der Waals surface area contributed by atoms with E-state index >= 15 is 0 Å².